The van der Waals surface area contributed by atoms with E-state index in [4.69, 9.17) is 4.74 Å². The zero-order chi connectivity index (χ0) is 21.1. The summed E-state index contributed by atoms with van der Waals surface area (Å²) in [6.45, 7) is 4.67. The van der Waals surface area contributed by atoms with E-state index in [1.807, 2.05) is 24.3 Å². The van der Waals surface area contributed by atoms with Crippen LogP contribution in [0.1, 0.15) is 64.4 Å². The quantitative estimate of drug-likeness (QED) is 0.515. The highest BCUT2D eigenvalue weighted by atomic mass is 16.5. The molecule has 3 heteroatoms. The van der Waals surface area contributed by atoms with E-state index >= 15 is 0 Å². The maximum absolute atomic E-state index is 13.5. The van der Waals surface area contributed by atoms with Crippen molar-refractivity contribution in [1.29, 1.82) is 0 Å². The summed E-state index contributed by atoms with van der Waals surface area (Å²) in [5, 5.41) is 10.2. The number of fused-ring (bicyclic) bond motifs is 5. The molecule has 0 aromatic heterocycles. The predicted octanol–water partition coefficient (Wildman–Crippen LogP) is 5.58. The van der Waals surface area contributed by atoms with Gasteiger partial charge in [0.25, 0.3) is 0 Å². The Bertz CT molecular complexity index is 911. The van der Waals surface area contributed by atoms with Gasteiger partial charge >= 0.3 is 0 Å². The average molecular weight is 407 g/mol. The lowest BCUT2D eigenvalue weighted by Gasteiger charge is -2.56. The number of aliphatic hydroxyl groups excluding tert-OH is 1. The van der Waals surface area contributed by atoms with Crippen molar-refractivity contribution in [2.75, 3.05) is 7.11 Å². The highest BCUT2D eigenvalue weighted by Crippen LogP contribution is 2.64. The third-order valence-electron chi connectivity index (χ3n) is 9.17. The van der Waals surface area contributed by atoms with E-state index < -0.39 is 0 Å². The number of carbonyl (C=O) groups is 1. The Morgan fingerprint density at radius 2 is 1.77 bits per heavy atom. The molecule has 0 bridgehead atoms. The molecule has 0 saturated heterocycles. The summed E-state index contributed by atoms with van der Waals surface area (Å²) in [5.74, 6) is 2.89. The van der Waals surface area contributed by atoms with Crippen LogP contribution in [0.3, 0.4) is 0 Å². The van der Waals surface area contributed by atoms with E-state index in [9.17, 15) is 9.90 Å². The van der Waals surface area contributed by atoms with Crippen molar-refractivity contribution in [2.45, 2.75) is 64.9 Å². The van der Waals surface area contributed by atoms with Crippen molar-refractivity contribution in [3.8, 4) is 5.75 Å². The fourth-order valence-electron chi connectivity index (χ4n) is 7.34. The fourth-order valence-corrected chi connectivity index (χ4v) is 7.34. The van der Waals surface area contributed by atoms with Crippen molar-refractivity contribution < 1.29 is 14.6 Å². The van der Waals surface area contributed by atoms with E-state index in [1.165, 1.54) is 5.57 Å². The van der Waals surface area contributed by atoms with E-state index in [-0.39, 0.29) is 16.9 Å². The van der Waals surface area contributed by atoms with E-state index in [2.05, 4.69) is 26.0 Å². The molecule has 3 fully saturated rings. The molecule has 0 heterocycles. The largest absolute Gasteiger partial charge is 0.497 e. The normalized spacial score (nSPS) is 41.7. The molecule has 3 nitrogen and oxygen atoms in total. The number of carbonyl (C=O) groups excluding carboxylic acids is 1. The average Bonchev–Trinajstić information content (AvgIpc) is 3.00. The first-order valence-corrected chi connectivity index (χ1v) is 11.6. The summed E-state index contributed by atoms with van der Waals surface area (Å²) < 4.78 is 5.26. The molecule has 5 rings (SSSR count). The minimum atomic E-state index is -0.213. The van der Waals surface area contributed by atoms with Crippen LogP contribution < -0.4 is 4.74 Å². The summed E-state index contributed by atoms with van der Waals surface area (Å²) in [4.78, 5) is 13.5. The van der Waals surface area contributed by atoms with Gasteiger partial charge < -0.3 is 9.84 Å². The molecule has 1 aromatic carbocycles. The molecule has 0 aliphatic heterocycles. The van der Waals surface area contributed by atoms with Gasteiger partial charge in [-0.05, 0) is 97.5 Å². The Balaban J connectivity index is 1.45. The second-order valence-corrected chi connectivity index (χ2v) is 10.6. The molecule has 4 aliphatic carbocycles. The first-order chi connectivity index (χ1) is 14.3. The second-order valence-electron chi connectivity index (χ2n) is 10.6. The lowest BCUT2D eigenvalue weighted by Crippen LogP contribution is -2.50. The molecule has 30 heavy (non-hydrogen) atoms. The molecule has 6 atom stereocenters. The van der Waals surface area contributed by atoms with Crippen LogP contribution in [0.4, 0.5) is 0 Å². The highest BCUT2D eigenvalue weighted by Gasteiger charge is 2.59. The molecule has 3 saturated carbocycles. The standard InChI is InChI=1S/C27H34O3/c1-26-12-10-20(28)16-19(26)6-9-22-23(26)11-13-27(2)24(22)15-18(25(27)29)14-17-4-7-21(30-3)8-5-17/h4-8,14,20,22-24,28H,9-13,15-16H2,1-3H3/b18-14+/t20-,22+,23-,24+,26+,27+/m0/s1. The van der Waals surface area contributed by atoms with E-state index in [0.717, 1.165) is 61.8 Å². The molecule has 4 aliphatic rings. The van der Waals surface area contributed by atoms with Crippen LogP contribution >= 0.6 is 0 Å². The molecule has 0 radical (unpaired) electrons. The Kier molecular flexibility index (Phi) is 4.74. The van der Waals surface area contributed by atoms with Gasteiger partial charge in [0, 0.05) is 5.41 Å². The van der Waals surface area contributed by atoms with Crippen molar-refractivity contribution >= 4 is 11.9 Å². The van der Waals surface area contributed by atoms with Crippen molar-refractivity contribution in [3.05, 3.63) is 47.1 Å². The molecule has 0 unspecified atom stereocenters. The van der Waals surface area contributed by atoms with Crippen LogP contribution in [-0.4, -0.2) is 24.1 Å². The van der Waals surface area contributed by atoms with Crippen LogP contribution in [-0.2, 0) is 4.79 Å². The van der Waals surface area contributed by atoms with Gasteiger partial charge in [-0.3, -0.25) is 4.79 Å². The van der Waals surface area contributed by atoms with Gasteiger partial charge in [0.15, 0.2) is 5.78 Å². The zero-order valence-corrected chi connectivity index (χ0v) is 18.5. The first kappa shape index (κ1) is 20.1. The molecular weight excluding hydrogens is 372 g/mol. The number of hydrogen-bond donors (Lipinski definition) is 1. The summed E-state index contributed by atoms with van der Waals surface area (Å²) in [5.41, 5.74) is 3.58. The molecule has 0 spiro atoms. The van der Waals surface area contributed by atoms with Crippen molar-refractivity contribution in [2.24, 2.45) is 28.6 Å². The lowest BCUT2D eigenvalue weighted by atomic mass is 9.48. The van der Waals surface area contributed by atoms with Gasteiger partial charge in [-0.25, -0.2) is 0 Å². The third kappa shape index (κ3) is 2.92. The zero-order valence-electron chi connectivity index (χ0n) is 18.5. The number of methoxy groups -OCH3 is 1. The van der Waals surface area contributed by atoms with Crippen LogP contribution in [0.2, 0.25) is 0 Å². The minimum absolute atomic E-state index is 0.165. The molecule has 1 N–H and O–H groups in total. The van der Waals surface area contributed by atoms with Gasteiger partial charge in [-0.1, -0.05) is 37.6 Å². The topological polar surface area (TPSA) is 46.5 Å². The van der Waals surface area contributed by atoms with Crippen molar-refractivity contribution in [1.82, 2.24) is 0 Å². The van der Waals surface area contributed by atoms with Gasteiger partial charge in [0.1, 0.15) is 5.75 Å². The predicted molar refractivity (Wildman–Crippen MR) is 119 cm³/mol. The Morgan fingerprint density at radius 3 is 2.50 bits per heavy atom. The number of ether oxygens (including phenoxy) is 1. The van der Waals surface area contributed by atoms with Gasteiger partial charge in [-0.15, -0.1) is 0 Å². The minimum Gasteiger partial charge on any atom is -0.497 e. The monoisotopic (exact) mass is 406 g/mol. The fraction of sp³-hybridized carbons (Fsp3) is 0.593. The van der Waals surface area contributed by atoms with Crippen molar-refractivity contribution in [3.63, 3.8) is 0 Å². The summed E-state index contributed by atoms with van der Waals surface area (Å²) in [7, 11) is 1.67. The summed E-state index contributed by atoms with van der Waals surface area (Å²) >= 11 is 0. The summed E-state index contributed by atoms with van der Waals surface area (Å²) in [6.07, 6.45) is 11.4. The smallest absolute Gasteiger partial charge is 0.165 e. The van der Waals surface area contributed by atoms with Gasteiger partial charge in [-0.2, -0.15) is 0 Å². The van der Waals surface area contributed by atoms with Crippen LogP contribution in [0, 0.1) is 28.6 Å². The molecule has 1 aromatic rings. The number of aliphatic hydroxyl groups is 1. The number of rotatable bonds is 2. The SMILES string of the molecule is COc1ccc(/C=C2\C[C@@H]3[C@@H]4CC=C5C[C@@H](O)CC[C@@]5(C)[C@H]4CC[C@@]3(C)C2=O)cc1. The maximum atomic E-state index is 13.5. The molecule has 160 valence electrons. The highest BCUT2D eigenvalue weighted by molar-refractivity contribution is 6.05. The number of hydrogen-bond acceptors (Lipinski definition) is 3. The number of allylic oxidation sites excluding steroid dienone is 2. The van der Waals surface area contributed by atoms with Gasteiger partial charge in [0.05, 0.1) is 13.2 Å². The Labute approximate surface area is 180 Å². The van der Waals surface area contributed by atoms with E-state index in [1.54, 1.807) is 7.11 Å². The summed E-state index contributed by atoms with van der Waals surface area (Å²) in [6, 6.07) is 8.00. The maximum Gasteiger partial charge on any atom is 0.165 e. The molecule has 0 amide bonds. The van der Waals surface area contributed by atoms with Crippen LogP contribution in [0.15, 0.2) is 41.5 Å². The number of Topliss-reactive ketones (excluding diaryl/α,β-unsaturated/α-hetero) is 1. The Hall–Kier alpha value is -1.87. The second kappa shape index (κ2) is 7.09. The van der Waals surface area contributed by atoms with Gasteiger partial charge in [0.2, 0.25) is 0 Å². The van der Waals surface area contributed by atoms with Crippen LogP contribution in [0.25, 0.3) is 6.08 Å². The lowest BCUT2D eigenvalue weighted by molar-refractivity contribution is -0.130. The number of ketones is 1. The third-order valence-corrected chi connectivity index (χ3v) is 9.17. The first-order valence-electron chi connectivity index (χ1n) is 11.6. The van der Waals surface area contributed by atoms with Crippen LogP contribution in [0.5, 0.6) is 5.75 Å². The number of benzene rings is 1. The Morgan fingerprint density at radius 1 is 1.03 bits per heavy atom. The molecular formula is C27H34O3. The van der Waals surface area contributed by atoms with E-state index in [0.29, 0.717) is 23.5 Å².